The van der Waals surface area contributed by atoms with Crippen LogP contribution in [0.15, 0.2) is 28.9 Å². The number of rotatable bonds is 5. The lowest BCUT2D eigenvalue weighted by Crippen LogP contribution is -2.01. The highest BCUT2D eigenvalue weighted by Gasteiger charge is 2.05. The van der Waals surface area contributed by atoms with Crippen molar-refractivity contribution in [3.63, 3.8) is 0 Å². The fraction of sp³-hybridized carbons (Fsp3) is 0.333. The van der Waals surface area contributed by atoms with Crippen LogP contribution in [0.25, 0.3) is 0 Å². The van der Waals surface area contributed by atoms with E-state index in [0.29, 0.717) is 0 Å². The average molecular weight is 336 g/mol. The summed E-state index contributed by atoms with van der Waals surface area (Å²) in [6.07, 6.45) is 1.90. The summed E-state index contributed by atoms with van der Waals surface area (Å²) in [5.41, 5.74) is 2.12. The van der Waals surface area contributed by atoms with E-state index in [1.165, 1.54) is 0 Å². The zero-order chi connectivity index (χ0) is 14.5. The predicted octanol–water partition coefficient (Wildman–Crippen LogP) is 4.25. The Kier molecular flexibility index (Phi) is 4.95. The predicted molar refractivity (Wildman–Crippen MR) is 84.7 cm³/mol. The largest absolute Gasteiger partial charge is 0.497 e. The number of nitrogens with one attached hydrogen (secondary N) is 1. The number of hydrogen-bond acceptors (Lipinski definition) is 4. The van der Waals surface area contributed by atoms with Gasteiger partial charge < -0.3 is 10.1 Å². The van der Waals surface area contributed by atoms with Gasteiger partial charge in [0, 0.05) is 18.2 Å². The van der Waals surface area contributed by atoms with Crippen LogP contribution in [0.3, 0.4) is 0 Å². The number of aromatic nitrogens is 2. The van der Waals surface area contributed by atoms with Gasteiger partial charge in [0.05, 0.1) is 7.11 Å². The van der Waals surface area contributed by atoms with Crippen LogP contribution in [-0.4, -0.2) is 17.1 Å². The summed E-state index contributed by atoms with van der Waals surface area (Å²) in [4.78, 5) is 8.88. The maximum Gasteiger partial charge on any atom is 0.135 e. The molecule has 0 saturated heterocycles. The summed E-state index contributed by atoms with van der Waals surface area (Å²) in [7, 11) is 1.67. The van der Waals surface area contributed by atoms with Crippen molar-refractivity contribution < 1.29 is 4.74 Å². The van der Waals surface area contributed by atoms with Crippen LogP contribution in [0.5, 0.6) is 5.75 Å². The number of ether oxygens (including phenoxy) is 1. The number of halogens is 1. The van der Waals surface area contributed by atoms with Gasteiger partial charge in [-0.05, 0) is 53.0 Å². The smallest absolute Gasteiger partial charge is 0.135 e. The highest BCUT2D eigenvalue weighted by molar-refractivity contribution is 9.10. The van der Waals surface area contributed by atoms with Gasteiger partial charge in [0.1, 0.15) is 22.0 Å². The molecule has 1 aromatic heterocycles. The lowest BCUT2D eigenvalue weighted by Gasteiger charge is -2.11. The van der Waals surface area contributed by atoms with E-state index in [9.17, 15) is 0 Å². The Morgan fingerprint density at radius 1 is 1.25 bits per heavy atom. The second-order valence-corrected chi connectivity index (χ2v) is 5.36. The Hall–Kier alpha value is -1.62. The molecule has 0 aliphatic heterocycles. The Morgan fingerprint density at radius 3 is 2.70 bits per heavy atom. The summed E-state index contributed by atoms with van der Waals surface area (Å²) in [6.45, 7) is 4.15. The van der Waals surface area contributed by atoms with Crippen LogP contribution in [0.1, 0.15) is 24.7 Å². The minimum atomic E-state index is 0.795. The molecule has 1 N–H and O–H groups in total. The number of aryl methyl sites for hydroxylation is 2. The lowest BCUT2D eigenvalue weighted by atomic mass is 10.2. The molecule has 0 bridgehead atoms. The Bertz CT molecular complexity index is 602. The number of nitrogens with zero attached hydrogens (tertiary/aromatic N) is 2. The molecule has 2 rings (SSSR count). The van der Waals surface area contributed by atoms with Gasteiger partial charge in [0.15, 0.2) is 0 Å². The summed E-state index contributed by atoms with van der Waals surface area (Å²) in [5, 5.41) is 3.33. The standard InChI is InChI=1S/C15H18BrN3O/c1-4-5-14-18-13(16)9-15(19-14)17-12-7-6-11(20-3)8-10(12)2/h6-9H,4-5H2,1-3H3,(H,17,18,19). The molecule has 0 aliphatic rings. The fourth-order valence-corrected chi connectivity index (χ4v) is 2.33. The molecule has 106 valence electrons. The quantitative estimate of drug-likeness (QED) is 0.829. The van der Waals surface area contributed by atoms with Crippen LogP contribution in [-0.2, 0) is 6.42 Å². The summed E-state index contributed by atoms with van der Waals surface area (Å²) in [5.74, 6) is 2.49. The molecule has 4 nitrogen and oxygen atoms in total. The van der Waals surface area contributed by atoms with E-state index in [0.717, 1.165) is 46.1 Å². The highest BCUT2D eigenvalue weighted by atomic mass is 79.9. The van der Waals surface area contributed by atoms with E-state index in [2.05, 4.69) is 38.1 Å². The SMILES string of the molecule is CCCc1nc(Br)cc(Nc2ccc(OC)cc2C)n1. The van der Waals surface area contributed by atoms with Gasteiger partial charge in [-0.3, -0.25) is 0 Å². The molecule has 0 radical (unpaired) electrons. The molecule has 0 aliphatic carbocycles. The van der Waals surface area contributed by atoms with Crippen molar-refractivity contribution in [1.82, 2.24) is 9.97 Å². The van der Waals surface area contributed by atoms with Crippen molar-refractivity contribution in [2.75, 3.05) is 12.4 Å². The maximum absolute atomic E-state index is 5.21. The zero-order valence-electron chi connectivity index (χ0n) is 11.9. The van der Waals surface area contributed by atoms with Crippen molar-refractivity contribution in [3.8, 4) is 5.75 Å². The molecule has 0 saturated carbocycles. The topological polar surface area (TPSA) is 47.0 Å². The minimum absolute atomic E-state index is 0.795. The molecule has 0 atom stereocenters. The van der Waals surface area contributed by atoms with Crippen LogP contribution in [0, 0.1) is 6.92 Å². The number of methoxy groups -OCH3 is 1. The first-order valence-corrected chi connectivity index (χ1v) is 7.36. The minimum Gasteiger partial charge on any atom is -0.497 e. The Labute approximate surface area is 127 Å². The van der Waals surface area contributed by atoms with Crippen LogP contribution >= 0.6 is 15.9 Å². The first-order chi connectivity index (χ1) is 9.62. The van der Waals surface area contributed by atoms with E-state index in [4.69, 9.17) is 4.74 Å². The Morgan fingerprint density at radius 2 is 2.05 bits per heavy atom. The summed E-state index contributed by atoms with van der Waals surface area (Å²) >= 11 is 3.43. The third-order valence-electron chi connectivity index (χ3n) is 2.91. The van der Waals surface area contributed by atoms with Crippen molar-refractivity contribution in [2.24, 2.45) is 0 Å². The number of benzene rings is 1. The van der Waals surface area contributed by atoms with Gasteiger partial charge in [-0.25, -0.2) is 9.97 Å². The molecule has 5 heteroatoms. The third-order valence-corrected chi connectivity index (χ3v) is 3.32. The molecular formula is C15H18BrN3O. The summed E-state index contributed by atoms with van der Waals surface area (Å²) in [6, 6.07) is 7.79. The van der Waals surface area contributed by atoms with Gasteiger partial charge in [0.25, 0.3) is 0 Å². The van der Waals surface area contributed by atoms with Crippen molar-refractivity contribution in [1.29, 1.82) is 0 Å². The highest BCUT2D eigenvalue weighted by Crippen LogP contribution is 2.24. The van der Waals surface area contributed by atoms with Gasteiger partial charge >= 0.3 is 0 Å². The van der Waals surface area contributed by atoms with Gasteiger partial charge in [-0.2, -0.15) is 0 Å². The number of anilines is 2. The van der Waals surface area contributed by atoms with Crippen molar-refractivity contribution in [2.45, 2.75) is 26.7 Å². The molecule has 0 amide bonds. The van der Waals surface area contributed by atoms with Crippen LogP contribution < -0.4 is 10.1 Å². The fourth-order valence-electron chi connectivity index (χ4n) is 1.91. The maximum atomic E-state index is 5.21. The van der Waals surface area contributed by atoms with Gasteiger partial charge in [-0.1, -0.05) is 6.92 Å². The van der Waals surface area contributed by atoms with Crippen molar-refractivity contribution in [3.05, 3.63) is 40.3 Å². The number of hydrogen-bond donors (Lipinski definition) is 1. The normalized spacial score (nSPS) is 10.4. The first-order valence-electron chi connectivity index (χ1n) is 6.57. The molecule has 0 spiro atoms. The van der Waals surface area contributed by atoms with Crippen LogP contribution in [0.2, 0.25) is 0 Å². The molecular weight excluding hydrogens is 318 g/mol. The van der Waals surface area contributed by atoms with E-state index >= 15 is 0 Å². The molecule has 0 unspecified atom stereocenters. The second kappa shape index (κ2) is 6.70. The van der Waals surface area contributed by atoms with E-state index in [1.807, 2.05) is 31.2 Å². The monoisotopic (exact) mass is 335 g/mol. The molecule has 2 aromatic rings. The van der Waals surface area contributed by atoms with Gasteiger partial charge in [-0.15, -0.1) is 0 Å². The second-order valence-electron chi connectivity index (χ2n) is 4.55. The molecule has 0 fully saturated rings. The van der Waals surface area contributed by atoms with Crippen LogP contribution in [0.4, 0.5) is 11.5 Å². The molecule has 1 aromatic carbocycles. The van der Waals surface area contributed by atoms with Crippen molar-refractivity contribution >= 4 is 27.4 Å². The summed E-state index contributed by atoms with van der Waals surface area (Å²) < 4.78 is 6.01. The Balaban J connectivity index is 2.25. The average Bonchev–Trinajstić information content (AvgIpc) is 2.41. The lowest BCUT2D eigenvalue weighted by molar-refractivity contribution is 0.414. The van der Waals surface area contributed by atoms with E-state index in [1.54, 1.807) is 7.11 Å². The first kappa shape index (κ1) is 14.8. The third kappa shape index (κ3) is 3.70. The van der Waals surface area contributed by atoms with Gasteiger partial charge in [0.2, 0.25) is 0 Å². The molecule has 1 heterocycles. The zero-order valence-corrected chi connectivity index (χ0v) is 13.5. The van der Waals surface area contributed by atoms with E-state index < -0.39 is 0 Å². The molecule has 20 heavy (non-hydrogen) atoms. The van der Waals surface area contributed by atoms with E-state index in [-0.39, 0.29) is 0 Å².